The standard InChI is InChI=1S/C18H18O/c1-4-14-6-10-16(11-7-14)18(19-3)17-12-8-15(5-2)9-13-17/h4-13,18H,1-2H2,3H3. The minimum absolute atomic E-state index is 0.0438. The summed E-state index contributed by atoms with van der Waals surface area (Å²) in [6, 6.07) is 16.5. The van der Waals surface area contributed by atoms with Gasteiger partial charge in [-0.25, -0.2) is 0 Å². The highest BCUT2D eigenvalue weighted by Gasteiger charge is 2.12. The topological polar surface area (TPSA) is 9.23 Å². The van der Waals surface area contributed by atoms with E-state index in [9.17, 15) is 0 Å². The predicted octanol–water partition coefficient (Wildman–Crippen LogP) is 4.71. The molecule has 2 aromatic carbocycles. The number of benzene rings is 2. The van der Waals surface area contributed by atoms with Gasteiger partial charge in [0.15, 0.2) is 0 Å². The number of hydrogen-bond donors (Lipinski definition) is 0. The summed E-state index contributed by atoms with van der Waals surface area (Å²) in [7, 11) is 1.73. The highest BCUT2D eigenvalue weighted by molar-refractivity contribution is 5.50. The molecule has 0 atom stereocenters. The van der Waals surface area contributed by atoms with Crippen LogP contribution >= 0.6 is 0 Å². The van der Waals surface area contributed by atoms with Crippen molar-refractivity contribution in [3.05, 3.63) is 83.9 Å². The third-order valence-electron chi connectivity index (χ3n) is 3.19. The van der Waals surface area contributed by atoms with Gasteiger partial charge in [-0.3, -0.25) is 0 Å². The van der Waals surface area contributed by atoms with E-state index >= 15 is 0 Å². The van der Waals surface area contributed by atoms with E-state index in [1.54, 1.807) is 7.11 Å². The molecule has 0 radical (unpaired) electrons. The van der Waals surface area contributed by atoms with Gasteiger partial charge in [0.05, 0.1) is 0 Å². The first kappa shape index (κ1) is 13.3. The zero-order valence-corrected chi connectivity index (χ0v) is 11.2. The van der Waals surface area contributed by atoms with Crippen molar-refractivity contribution in [3.63, 3.8) is 0 Å². The van der Waals surface area contributed by atoms with Gasteiger partial charge in [0.2, 0.25) is 0 Å². The van der Waals surface area contributed by atoms with Crippen LogP contribution in [0.2, 0.25) is 0 Å². The van der Waals surface area contributed by atoms with Crippen LogP contribution in [0.15, 0.2) is 61.7 Å². The van der Waals surface area contributed by atoms with Crippen LogP contribution in [0.3, 0.4) is 0 Å². The maximum Gasteiger partial charge on any atom is 0.107 e. The van der Waals surface area contributed by atoms with E-state index in [1.165, 1.54) is 0 Å². The molecule has 2 rings (SSSR count). The number of rotatable bonds is 5. The van der Waals surface area contributed by atoms with Gasteiger partial charge in [-0.2, -0.15) is 0 Å². The number of ether oxygens (including phenoxy) is 1. The second-order valence-corrected chi connectivity index (χ2v) is 4.36. The van der Waals surface area contributed by atoms with Gasteiger partial charge in [0.1, 0.15) is 6.10 Å². The second-order valence-electron chi connectivity index (χ2n) is 4.36. The van der Waals surface area contributed by atoms with E-state index in [4.69, 9.17) is 4.74 Å². The average Bonchev–Trinajstić information content (AvgIpc) is 2.49. The van der Waals surface area contributed by atoms with E-state index in [0.29, 0.717) is 0 Å². The van der Waals surface area contributed by atoms with Crippen LogP contribution in [0.25, 0.3) is 12.2 Å². The fraction of sp³-hybridized carbons (Fsp3) is 0.111. The van der Waals surface area contributed by atoms with Crippen LogP contribution in [0.5, 0.6) is 0 Å². The monoisotopic (exact) mass is 250 g/mol. The Morgan fingerprint density at radius 3 is 1.42 bits per heavy atom. The molecule has 0 aliphatic rings. The summed E-state index contributed by atoms with van der Waals surface area (Å²) in [5.41, 5.74) is 4.50. The highest BCUT2D eigenvalue weighted by Crippen LogP contribution is 2.26. The van der Waals surface area contributed by atoms with Gasteiger partial charge < -0.3 is 4.74 Å². The van der Waals surface area contributed by atoms with Crippen LogP contribution in [-0.2, 0) is 4.74 Å². The van der Waals surface area contributed by atoms with Crippen molar-refractivity contribution in [3.8, 4) is 0 Å². The summed E-state index contributed by atoms with van der Waals surface area (Å²) in [4.78, 5) is 0. The fourth-order valence-corrected chi connectivity index (χ4v) is 2.08. The fourth-order valence-electron chi connectivity index (χ4n) is 2.08. The lowest BCUT2D eigenvalue weighted by atomic mass is 9.99. The van der Waals surface area contributed by atoms with Gasteiger partial charge in [-0.1, -0.05) is 73.8 Å². The largest absolute Gasteiger partial charge is 0.372 e. The van der Waals surface area contributed by atoms with Crippen molar-refractivity contribution < 1.29 is 4.74 Å². The van der Waals surface area contributed by atoms with E-state index < -0.39 is 0 Å². The molecule has 2 aromatic rings. The number of methoxy groups -OCH3 is 1. The first-order valence-corrected chi connectivity index (χ1v) is 6.26. The molecular weight excluding hydrogens is 232 g/mol. The molecule has 96 valence electrons. The van der Waals surface area contributed by atoms with Crippen molar-refractivity contribution in [1.82, 2.24) is 0 Å². The molecule has 0 N–H and O–H groups in total. The Morgan fingerprint density at radius 2 is 1.16 bits per heavy atom. The molecule has 0 unspecified atom stereocenters. The zero-order valence-electron chi connectivity index (χ0n) is 11.2. The Morgan fingerprint density at radius 1 is 0.789 bits per heavy atom. The smallest absolute Gasteiger partial charge is 0.107 e. The SMILES string of the molecule is C=Cc1ccc(C(OC)c2ccc(C=C)cc2)cc1. The lowest BCUT2D eigenvalue weighted by Crippen LogP contribution is -2.03. The van der Waals surface area contributed by atoms with Crippen molar-refractivity contribution in [2.45, 2.75) is 6.10 Å². The minimum Gasteiger partial charge on any atom is -0.372 e. The summed E-state index contributed by atoms with van der Waals surface area (Å²) in [6.45, 7) is 7.52. The molecule has 1 nitrogen and oxygen atoms in total. The van der Waals surface area contributed by atoms with Gasteiger partial charge >= 0.3 is 0 Å². The Hall–Kier alpha value is -2.12. The van der Waals surface area contributed by atoms with Crippen LogP contribution in [0.4, 0.5) is 0 Å². The van der Waals surface area contributed by atoms with Crippen LogP contribution < -0.4 is 0 Å². The Labute approximate surface area is 114 Å². The van der Waals surface area contributed by atoms with Gasteiger partial charge in [0.25, 0.3) is 0 Å². The summed E-state index contributed by atoms with van der Waals surface area (Å²) in [5, 5.41) is 0. The normalized spacial score (nSPS) is 10.4. The van der Waals surface area contributed by atoms with Crippen LogP contribution in [0.1, 0.15) is 28.4 Å². The molecule has 1 heteroatoms. The molecule has 0 heterocycles. The van der Waals surface area contributed by atoms with Crippen molar-refractivity contribution in [1.29, 1.82) is 0 Å². The maximum absolute atomic E-state index is 5.62. The Bertz CT molecular complexity index is 498. The van der Waals surface area contributed by atoms with E-state index in [1.807, 2.05) is 36.4 Å². The second kappa shape index (κ2) is 6.17. The summed E-state index contributed by atoms with van der Waals surface area (Å²) in [6.07, 6.45) is 3.63. The third-order valence-corrected chi connectivity index (χ3v) is 3.19. The predicted molar refractivity (Wildman–Crippen MR) is 81.9 cm³/mol. The van der Waals surface area contributed by atoms with Gasteiger partial charge in [-0.05, 0) is 22.3 Å². The Balaban J connectivity index is 2.31. The molecule has 0 amide bonds. The van der Waals surface area contributed by atoms with Crippen molar-refractivity contribution in [2.75, 3.05) is 7.11 Å². The molecule has 0 aliphatic carbocycles. The molecule has 0 aromatic heterocycles. The quantitative estimate of drug-likeness (QED) is 0.746. The van der Waals surface area contributed by atoms with E-state index in [0.717, 1.165) is 22.3 Å². The lowest BCUT2D eigenvalue weighted by Gasteiger charge is -2.16. The van der Waals surface area contributed by atoms with Crippen LogP contribution in [-0.4, -0.2) is 7.11 Å². The average molecular weight is 250 g/mol. The molecule has 0 bridgehead atoms. The molecule has 0 saturated heterocycles. The van der Waals surface area contributed by atoms with Crippen molar-refractivity contribution >= 4 is 12.2 Å². The third kappa shape index (κ3) is 3.01. The molecule has 0 fully saturated rings. The molecular formula is C18H18O. The molecule has 0 saturated carbocycles. The first-order valence-electron chi connectivity index (χ1n) is 6.26. The minimum atomic E-state index is -0.0438. The highest BCUT2D eigenvalue weighted by atomic mass is 16.5. The lowest BCUT2D eigenvalue weighted by molar-refractivity contribution is 0.136. The van der Waals surface area contributed by atoms with E-state index in [2.05, 4.69) is 37.4 Å². The van der Waals surface area contributed by atoms with Gasteiger partial charge in [0, 0.05) is 7.11 Å². The zero-order chi connectivity index (χ0) is 13.7. The maximum atomic E-state index is 5.62. The first-order chi connectivity index (χ1) is 9.28. The summed E-state index contributed by atoms with van der Waals surface area (Å²) >= 11 is 0. The van der Waals surface area contributed by atoms with Crippen molar-refractivity contribution in [2.24, 2.45) is 0 Å². The Kier molecular flexibility index (Phi) is 4.32. The number of hydrogen-bond acceptors (Lipinski definition) is 1. The summed E-state index contributed by atoms with van der Waals surface area (Å²) < 4.78 is 5.62. The van der Waals surface area contributed by atoms with Gasteiger partial charge in [-0.15, -0.1) is 0 Å². The molecule has 19 heavy (non-hydrogen) atoms. The van der Waals surface area contributed by atoms with Crippen LogP contribution in [0, 0.1) is 0 Å². The molecule has 0 spiro atoms. The van der Waals surface area contributed by atoms with E-state index in [-0.39, 0.29) is 6.10 Å². The molecule has 0 aliphatic heterocycles. The summed E-state index contributed by atoms with van der Waals surface area (Å²) in [5.74, 6) is 0.